The second-order valence-electron chi connectivity index (χ2n) is 8.02. The first-order valence-electron chi connectivity index (χ1n) is 9.48. The first-order valence-corrected chi connectivity index (χ1v) is 10.3. The zero-order chi connectivity index (χ0) is 19.3. The van der Waals surface area contributed by atoms with E-state index in [1.165, 1.54) is 11.8 Å². The fourth-order valence-corrected chi connectivity index (χ4v) is 5.28. The zero-order valence-corrected chi connectivity index (χ0v) is 16.7. The number of amides is 2. The second-order valence-corrected chi connectivity index (χ2v) is 8.94. The van der Waals surface area contributed by atoms with E-state index in [0.717, 1.165) is 42.1 Å². The van der Waals surface area contributed by atoms with Crippen LogP contribution >= 0.6 is 15.9 Å². The van der Waals surface area contributed by atoms with Crippen molar-refractivity contribution < 1.29 is 19.5 Å². The number of carbonyl (C=O) groups excluding carboxylic acids is 2. The maximum Gasteiger partial charge on any atom is 0.324 e. The van der Waals surface area contributed by atoms with Gasteiger partial charge in [0.15, 0.2) is 0 Å². The lowest BCUT2D eigenvalue weighted by atomic mass is 9.80. The van der Waals surface area contributed by atoms with E-state index < -0.39 is 29.4 Å². The molecule has 7 heteroatoms. The fraction of sp³-hybridized carbons (Fsp3) is 0.550. The number of imide groups is 1. The molecule has 0 bridgehead atoms. The van der Waals surface area contributed by atoms with Crippen molar-refractivity contribution in [1.29, 1.82) is 0 Å². The average molecular weight is 435 g/mol. The SMILES string of the molecule is CC1(C(=O)O)NC(c2ccc(Br)cc2)C2C(=O)N(C3CCCCC3)C(=O)C21. The molecule has 4 rings (SSSR count). The first kappa shape index (κ1) is 18.6. The highest BCUT2D eigenvalue weighted by molar-refractivity contribution is 9.10. The number of likely N-dealkylation sites (tertiary alicyclic amines) is 1. The second kappa shape index (κ2) is 6.71. The summed E-state index contributed by atoms with van der Waals surface area (Å²) >= 11 is 3.40. The zero-order valence-electron chi connectivity index (χ0n) is 15.2. The molecule has 0 spiro atoms. The Hall–Kier alpha value is -1.73. The number of carboxylic acid groups (broad SMARTS) is 1. The molecule has 0 radical (unpaired) electrons. The third-order valence-corrected chi connectivity index (χ3v) is 6.96. The molecule has 27 heavy (non-hydrogen) atoms. The summed E-state index contributed by atoms with van der Waals surface area (Å²) in [6.45, 7) is 1.53. The summed E-state index contributed by atoms with van der Waals surface area (Å²) in [5.41, 5.74) is -0.636. The number of halogens is 1. The fourth-order valence-electron chi connectivity index (χ4n) is 5.01. The number of hydrogen-bond donors (Lipinski definition) is 2. The number of rotatable bonds is 3. The number of nitrogens with one attached hydrogen (secondary N) is 1. The largest absolute Gasteiger partial charge is 0.480 e. The summed E-state index contributed by atoms with van der Waals surface area (Å²) < 4.78 is 0.902. The number of hydrogen-bond acceptors (Lipinski definition) is 4. The van der Waals surface area contributed by atoms with Crippen LogP contribution in [0.2, 0.25) is 0 Å². The highest BCUT2D eigenvalue weighted by atomic mass is 79.9. The number of benzene rings is 1. The van der Waals surface area contributed by atoms with Crippen LogP contribution in [0.3, 0.4) is 0 Å². The van der Waals surface area contributed by atoms with Gasteiger partial charge in [0, 0.05) is 16.6 Å². The van der Waals surface area contributed by atoms with Gasteiger partial charge in [0.25, 0.3) is 0 Å². The topological polar surface area (TPSA) is 86.7 Å². The molecular formula is C20H23BrN2O4. The molecule has 2 amide bonds. The molecule has 1 aromatic carbocycles. The first-order chi connectivity index (χ1) is 12.8. The van der Waals surface area contributed by atoms with Crippen molar-refractivity contribution in [3.63, 3.8) is 0 Å². The molecule has 2 aliphatic heterocycles. The molecule has 3 aliphatic rings. The van der Waals surface area contributed by atoms with E-state index in [9.17, 15) is 19.5 Å². The lowest BCUT2D eigenvalue weighted by molar-refractivity contribution is -0.151. The Morgan fingerprint density at radius 3 is 2.37 bits per heavy atom. The van der Waals surface area contributed by atoms with Crippen molar-refractivity contribution in [3.8, 4) is 0 Å². The van der Waals surface area contributed by atoms with Crippen LogP contribution in [-0.2, 0) is 14.4 Å². The highest BCUT2D eigenvalue weighted by Gasteiger charge is 2.67. The third kappa shape index (κ3) is 2.83. The molecule has 2 heterocycles. The molecule has 1 aromatic rings. The van der Waals surface area contributed by atoms with Crippen molar-refractivity contribution in [1.82, 2.24) is 10.2 Å². The minimum atomic E-state index is -1.46. The van der Waals surface area contributed by atoms with Crippen molar-refractivity contribution >= 4 is 33.7 Å². The van der Waals surface area contributed by atoms with Crippen LogP contribution in [-0.4, -0.2) is 39.4 Å². The summed E-state index contributed by atoms with van der Waals surface area (Å²) in [5, 5.41) is 13.0. The van der Waals surface area contributed by atoms with Crippen molar-refractivity contribution in [2.45, 2.75) is 56.7 Å². The molecule has 3 fully saturated rings. The molecule has 2 N–H and O–H groups in total. The Morgan fingerprint density at radius 2 is 1.78 bits per heavy atom. The van der Waals surface area contributed by atoms with Crippen molar-refractivity contribution in [3.05, 3.63) is 34.3 Å². The Labute approximate surface area is 166 Å². The molecule has 0 aromatic heterocycles. The molecular weight excluding hydrogens is 412 g/mol. The van der Waals surface area contributed by atoms with Gasteiger partial charge in [0.1, 0.15) is 5.54 Å². The van der Waals surface area contributed by atoms with Crippen LogP contribution in [0.5, 0.6) is 0 Å². The van der Waals surface area contributed by atoms with Crippen LogP contribution in [0.15, 0.2) is 28.7 Å². The minimum absolute atomic E-state index is 0.0898. The van der Waals surface area contributed by atoms with Gasteiger partial charge in [-0.2, -0.15) is 0 Å². The highest BCUT2D eigenvalue weighted by Crippen LogP contribution is 2.50. The summed E-state index contributed by atoms with van der Waals surface area (Å²) in [4.78, 5) is 40.0. The van der Waals surface area contributed by atoms with Crippen LogP contribution in [0.25, 0.3) is 0 Å². The predicted octanol–water partition coefficient (Wildman–Crippen LogP) is 2.87. The van der Waals surface area contributed by atoms with Gasteiger partial charge in [0.05, 0.1) is 11.8 Å². The lowest BCUT2D eigenvalue weighted by Crippen LogP contribution is -2.54. The van der Waals surface area contributed by atoms with Crippen LogP contribution in [0, 0.1) is 11.8 Å². The average Bonchev–Trinajstić information content (AvgIpc) is 3.11. The monoisotopic (exact) mass is 434 g/mol. The van der Waals surface area contributed by atoms with E-state index in [4.69, 9.17) is 0 Å². The van der Waals surface area contributed by atoms with Gasteiger partial charge in [-0.3, -0.25) is 24.6 Å². The van der Waals surface area contributed by atoms with Gasteiger partial charge in [0.2, 0.25) is 11.8 Å². The van der Waals surface area contributed by atoms with E-state index in [-0.39, 0.29) is 17.9 Å². The normalized spacial score (nSPS) is 34.1. The van der Waals surface area contributed by atoms with E-state index in [2.05, 4.69) is 21.2 Å². The number of carboxylic acids is 1. The van der Waals surface area contributed by atoms with E-state index in [1.54, 1.807) is 0 Å². The van der Waals surface area contributed by atoms with Gasteiger partial charge in [-0.25, -0.2) is 0 Å². The molecule has 1 saturated carbocycles. The van der Waals surface area contributed by atoms with Crippen LogP contribution < -0.4 is 5.32 Å². The Bertz CT molecular complexity index is 790. The quantitative estimate of drug-likeness (QED) is 0.714. The summed E-state index contributed by atoms with van der Waals surface area (Å²) in [7, 11) is 0. The number of aliphatic carboxylic acids is 1. The van der Waals surface area contributed by atoms with Gasteiger partial charge in [-0.15, -0.1) is 0 Å². The standard InChI is InChI=1S/C20H23BrN2O4/c1-20(19(26)27)15-14(16(22-20)11-7-9-12(21)10-8-11)17(24)23(18(15)25)13-5-3-2-4-6-13/h7-10,13-16,22H,2-6H2,1H3,(H,26,27). The smallest absolute Gasteiger partial charge is 0.324 e. The molecule has 1 aliphatic carbocycles. The lowest BCUT2D eigenvalue weighted by Gasteiger charge is -2.33. The van der Waals surface area contributed by atoms with Gasteiger partial charge < -0.3 is 5.11 Å². The van der Waals surface area contributed by atoms with Crippen molar-refractivity contribution in [2.75, 3.05) is 0 Å². The molecule has 2 saturated heterocycles. The number of nitrogens with zero attached hydrogens (tertiary/aromatic N) is 1. The van der Waals surface area contributed by atoms with Gasteiger partial charge in [-0.1, -0.05) is 47.3 Å². The predicted molar refractivity (Wildman–Crippen MR) is 102 cm³/mol. The number of carbonyl (C=O) groups is 3. The molecule has 4 atom stereocenters. The van der Waals surface area contributed by atoms with E-state index >= 15 is 0 Å². The molecule has 6 nitrogen and oxygen atoms in total. The summed E-state index contributed by atoms with van der Waals surface area (Å²) in [5.74, 6) is -3.19. The molecule has 144 valence electrons. The van der Waals surface area contributed by atoms with Crippen molar-refractivity contribution in [2.24, 2.45) is 11.8 Å². The van der Waals surface area contributed by atoms with Gasteiger partial charge >= 0.3 is 5.97 Å². The Kier molecular flexibility index (Phi) is 4.63. The maximum absolute atomic E-state index is 13.3. The summed E-state index contributed by atoms with van der Waals surface area (Å²) in [6, 6.07) is 6.88. The Morgan fingerprint density at radius 1 is 1.15 bits per heavy atom. The van der Waals surface area contributed by atoms with Gasteiger partial charge in [-0.05, 0) is 37.5 Å². The minimum Gasteiger partial charge on any atom is -0.480 e. The van der Waals surface area contributed by atoms with E-state index in [1.807, 2.05) is 24.3 Å². The summed E-state index contributed by atoms with van der Waals surface area (Å²) in [6.07, 6.45) is 4.76. The maximum atomic E-state index is 13.3. The van der Waals surface area contributed by atoms with Crippen LogP contribution in [0.1, 0.15) is 50.6 Å². The number of fused-ring (bicyclic) bond motifs is 1. The molecule has 4 unspecified atom stereocenters. The van der Waals surface area contributed by atoms with E-state index in [0.29, 0.717) is 0 Å². The Balaban J connectivity index is 1.75. The third-order valence-electron chi connectivity index (χ3n) is 6.43. The van der Waals surface area contributed by atoms with Crippen LogP contribution in [0.4, 0.5) is 0 Å².